The molecule has 0 aliphatic rings. The molecule has 0 heterocycles. The van der Waals surface area contributed by atoms with Gasteiger partial charge in [-0.05, 0) is 25.4 Å². The third-order valence-electron chi connectivity index (χ3n) is 2.45. The first-order valence-corrected chi connectivity index (χ1v) is 5.42. The van der Waals surface area contributed by atoms with Gasteiger partial charge in [0.15, 0.2) is 0 Å². The topological polar surface area (TPSA) is 61.8 Å². The highest BCUT2D eigenvalue weighted by Gasteiger charge is 2.14. The molecule has 1 atom stereocenters. The van der Waals surface area contributed by atoms with Crippen LogP contribution in [0, 0.1) is 11.3 Å². The molecule has 0 aromatic heterocycles. The van der Waals surface area contributed by atoms with Gasteiger partial charge in [-0.3, -0.25) is 0 Å². The van der Waals surface area contributed by atoms with Crippen molar-refractivity contribution in [1.29, 1.82) is 0 Å². The average Bonchev–Trinajstić information content (AvgIpc) is 2.12. The van der Waals surface area contributed by atoms with E-state index >= 15 is 0 Å². The summed E-state index contributed by atoms with van der Waals surface area (Å²) in [5, 5.41) is 11.5. The Labute approximate surface area is 93.1 Å². The van der Waals surface area contributed by atoms with Crippen molar-refractivity contribution in [2.24, 2.45) is 22.2 Å². The van der Waals surface area contributed by atoms with Crippen LogP contribution in [0.2, 0.25) is 0 Å². The molecule has 4 nitrogen and oxygen atoms in total. The molecule has 0 saturated carbocycles. The normalized spacial score (nSPS) is 15.7. The van der Waals surface area contributed by atoms with Gasteiger partial charge in [-0.25, -0.2) is 0 Å². The summed E-state index contributed by atoms with van der Waals surface area (Å²) in [7, 11) is 2.06. The summed E-state index contributed by atoms with van der Waals surface area (Å²) in [5.74, 6) is 0.401. The molecule has 0 spiro atoms. The summed E-state index contributed by atoms with van der Waals surface area (Å²) in [6.07, 6.45) is 1.15. The summed E-state index contributed by atoms with van der Waals surface area (Å²) in [6.45, 7) is 10.5. The van der Waals surface area contributed by atoms with Crippen LogP contribution in [0.1, 0.15) is 34.1 Å². The van der Waals surface area contributed by atoms with Crippen LogP contribution in [0.25, 0.3) is 0 Å². The molecule has 4 heteroatoms. The SMILES string of the molecule is CC(CN(C)CCC(C)(C)C)C(N)=NO. The zero-order valence-electron chi connectivity index (χ0n) is 10.6. The van der Waals surface area contributed by atoms with Crippen LogP contribution in [-0.4, -0.2) is 36.1 Å². The van der Waals surface area contributed by atoms with Gasteiger partial charge in [0, 0.05) is 12.5 Å². The highest BCUT2D eigenvalue weighted by atomic mass is 16.4. The van der Waals surface area contributed by atoms with Crippen molar-refractivity contribution >= 4 is 5.84 Å². The minimum atomic E-state index is 0.0972. The summed E-state index contributed by atoms with van der Waals surface area (Å²) in [5.41, 5.74) is 5.88. The molecule has 0 aliphatic carbocycles. The number of amidine groups is 1. The largest absolute Gasteiger partial charge is 0.409 e. The first-order valence-electron chi connectivity index (χ1n) is 5.42. The maximum Gasteiger partial charge on any atom is 0.143 e. The molecule has 0 radical (unpaired) electrons. The molecule has 90 valence electrons. The fourth-order valence-electron chi connectivity index (χ4n) is 1.28. The fraction of sp³-hybridized carbons (Fsp3) is 0.909. The Morgan fingerprint density at radius 2 is 2.00 bits per heavy atom. The number of nitrogens with zero attached hydrogens (tertiary/aromatic N) is 2. The Hall–Kier alpha value is -0.770. The van der Waals surface area contributed by atoms with Gasteiger partial charge in [-0.15, -0.1) is 0 Å². The van der Waals surface area contributed by atoms with E-state index in [0.717, 1.165) is 19.5 Å². The van der Waals surface area contributed by atoms with Gasteiger partial charge in [-0.1, -0.05) is 32.9 Å². The maximum absolute atomic E-state index is 8.52. The number of hydrogen-bond acceptors (Lipinski definition) is 3. The second-order valence-electron chi connectivity index (χ2n) is 5.50. The highest BCUT2D eigenvalue weighted by Crippen LogP contribution is 2.18. The third kappa shape index (κ3) is 7.19. The van der Waals surface area contributed by atoms with Gasteiger partial charge >= 0.3 is 0 Å². The minimum absolute atomic E-state index is 0.0972. The molecule has 0 aromatic rings. The summed E-state index contributed by atoms with van der Waals surface area (Å²) in [6, 6.07) is 0. The van der Waals surface area contributed by atoms with Crippen LogP contribution < -0.4 is 5.73 Å². The number of oxime groups is 1. The van der Waals surface area contributed by atoms with Gasteiger partial charge in [0.25, 0.3) is 0 Å². The fourth-order valence-corrected chi connectivity index (χ4v) is 1.28. The molecule has 1 unspecified atom stereocenters. The zero-order valence-corrected chi connectivity index (χ0v) is 10.6. The molecular weight excluding hydrogens is 190 g/mol. The summed E-state index contributed by atoms with van der Waals surface area (Å²) < 4.78 is 0. The highest BCUT2D eigenvalue weighted by molar-refractivity contribution is 5.82. The Balaban J connectivity index is 3.89. The van der Waals surface area contributed by atoms with Gasteiger partial charge in [-0.2, -0.15) is 0 Å². The lowest BCUT2D eigenvalue weighted by molar-refractivity contribution is 0.251. The maximum atomic E-state index is 8.52. The van der Waals surface area contributed by atoms with Crippen LogP contribution in [0.15, 0.2) is 5.16 Å². The van der Waals surface area contributed by atoms with E-state index in [2.05, 4.69) is 37.9 Å². The molecule has 0 rings (SSSR count). The van der Waals surface area contributed by atoms with E-state index in [4.69, 9.17) is 10.9 Å². The first kappa shape index (κ1) is 14.2. The molecule has 0 aliphatic heterocycles. The predicted octanol–water partition coefficient (Wildman–Crippen LogP) is 1.74. The van der Waals surface area contributed by atoms with Gasteiger partial charge in [0.2, 0.25) is 0 Å². The first-order chi connectivity index (χ1) is 6.76. The van der Waals surface area contributed by atoms with E-state index in [1.54, 1.807) is 0 Å². The molecular formula is C11H25N3O. The van der Waals surface area contributed by atoms with Crippen LogP contribution >= 0.6 is 0 Å². The number of rotatable bonds is 5. The van der Waals surface area contributed by atoms with E-state index in [1.807, 2.05) is 6.92 Å². The molecule has 15 heavy (non-hydrogen) atoms. The number of hydrogen-bond donors (Lipinski definition) is 2. The third-order valence-corrected chi connectivity index (χ3v) is 2.45. The summed E-state index contributed by atoms with van der Waals surface area (Å²) >= 11 is 0. The predicted molar refractivity (Wildman–Crippen MR) is 64.1 cm³/mol. The Morgan fingerprint density at radius 1 is 1.47 bits per heavy atom. The smallest absolute Gasteiger partial charge is 0.143 e. The van der Waals surface area contributed by atoms with Crippen molar-refractivity contribution in [3.8, 4) is 0 Å². The van der Waals surface area contributed by atoms with Crippen LogP contribution in [0.4, 0.5) is 0 Å². The van der Waals surface area contributed by atoms with Crippen molar-refractivity contribution in [3.63, 3.8) is 0 Å². The van der Waals surface area contributed by atoms with E-state index < -0.39 is 0 Å². The van der Waals surface area contributed by atoms with E-state index in [1.165, 1.54) is 0 Å². The monoisotopic (exact) mass is 215 g/mol. The minimum Gasteiger partial charge on any atom is -0.409 e. The van der Waals surface area contributed by atoms with Crippen LogP contribution in [0.3, 0.4) is 0 Å². The molecule has 0 fully saturated rings. The average molecular weight is 215 g/mol. The van der Waals surface area contributed by atoms with Crippen molar-refractivity contribution in [2.45, 2.75) is 34.1 Å². The molecule has 0 bridgehead atoms. The van der Waals surface area contributed by atoms with Crippen molar-refractivity contribution in [2.75, 3.05) is 20.1 Å². The van der Waals surface area contributed by atoms with E-state index in [0.29, 0.717) is 11.3 Å². The lowest BCUT2D eigenvalue weighted by Crippen LogP contribution is -2.34. The quantitative estimate of drug-likeness (QED) is 0.318. The number of nitrogens with two attached hydrogens (primary N) is 1. The Kier molecular flexibility index (Phi) is 5.65. The van der Waals surface area contributed by atoms with E-state index in [-0.39, 0.29) is 5.92 Å². The zero-order chi connectivity index (χ0) is 12.1. The standard InChI is InChI=1S/C11H25N3O/c1-9(10(12)13-15)8-14(5)7-6-11(2,3)4/h9,15H,6-8H2,1-5H3,(H2,12,13). The lowest BCUT2D eigenvalue weighted by atomic mass is 9.92. The Morgan fingerprint density at radius 3 is 2.40 bits per heavy atom. The van der Waals surface area contributed by atoms with Gasteiger partial charge in [0.05, 0.1) is 0 Å². The molecule has 3 N–H and O–H groups in total. The second-order valence-corrected chi connectivity index (χ2v) is 5.50. The van der Waals surface area contributed by atoms with Crippen molar-refractivity contribution < 1.29 is 5.21 Å². The molecule has 0 aromatic carbocycles. The van der Waals surface area contributed by atoms with Crippen LogP contribution in [-0.2, 0) is 0 Å². The second kappa shape index (κ2) is 5.95. The summed E-state index contributed by atoms with van der Waals surface area (Å²) in [4.78, 5) is 2.22. The molecule has 0 saturated heterocycles. The van der Waals surface area contributed by atoms with E-state index in [9.17, 15) is 0 Å². The lowest BCUT2D eigenvalue weighted by Gasteiger charge is -2.25. The van der Waals surface area contributed by atoms with Crippen molar-refractivity contribution in [3.05, 3.63) is 0 Å². The Bertz CT molecular complexity index is 208. The van der Waals surface area contributed by atoms with Crippen LogP contribution in [0.5, 0.6) is 0 Å². The van der Waals surface area contributed by atoms with Gasteiger partial charge < -0.3 is 15.8 Å². The van der Waals surface area contributed by atoms with Gasteiger partial charge in [0.1, 0.15) is 5.84 Å². The molecule has 0 amide bonds. The van der Waals surface area contributed by atoms with Crippen molar-refractivity contribution in [1.82, 2.24) is 4.90 Å².